The molecule has 5 atom stereocenters. The predicted molar refractivity (Wildman–Crippen MR) is 226 cm³/mol. The number of ether oxygens (including phenoxy) is 7. The number of esters is 2. The first-order chi connectivity index (χ1) is 26.9. The van der Waals surface area contributed by atoms with Crippen LogP contribution in [-0.4, -0.2) is 78.4 Å². The van der Waals surface area contributed by atoms with E-state index in [1.54, 1.807) is 14.2 Å². The Morgan fingerprint density at radius 2 is 1.53 bits per heavy atom. The Labute approximate surface area is 344 Å². The normalized spacial score (nSPS) is 20.9. The summed E-state index contributed by atoms with van der Waals surface area (Å²) in [6.45, 7) is 20.2. The van der Waals surface area contributed by atoms with E-state index in [4.69, 9.17) is 37.6 Å². The van der Waals surface area contributed by atoms with Gasteiger partial charge in [-0.1, -0.05) is 110 Å². The van der Waals surface area contributed by atoms with Crippen LogP contribution in [0.15, 0.2) is 66.2 Å². The van der Waals surface area contributed by atoms with Crippen LogP contribution in [0.2, 0.25) is 18.1 Å². The number of hydrogen-bond acceptors (Lipinski definition) is 10. The number of unbranched alkanes of at least 4 members (excludes halogenated alkanes) is 4. The molecule has 0 saturated carbocycles. The molecule has 1 aliphatic heterocycles. The van der Waals surface area contributed by atoms with Crippen LogP contribution in [0.3, 0.4) is 0 Å². The molecule has 1 heterocycles. The van der Waals surface area contributed by atoms with Crippen LogP contribution in [-0.2, 0) is 55.7 Å². The fraction of sp³-hybridized carbons (Fsp3) is 0.652. The Morgan fingerprint density at radius 1 is 0.895 bits per heavy atom. The van der Waals surface area contributed by atoms with E-state index >= 15 is 0 Å². The van der Waals surface area contributed by atoms with Crippen molar-refractivity contribution >= 4 is 20.3 Å². The van der Waals surface area contributed by atoms with Crippen molar-refractivity contribution in [3.05, 3.63) is 77.4 Å². The van der Waals surface area contributed by atoms with E-state index in [2.05, 4.69) is 40.8 Å². The van der Waals surface area contributed by atoms with Crippen molar-refractivity contribution in [2.45, 2.75) is 161 Å². The monoisotopic (exact) mass is 812 g/mol. The van der Waals surface area contributed by atoms with Gasteiger partial charge in [0.15, 0.2) is 14.4 Å². The van der Waals surface area contributed by atoms with Crippen LogP contribution < -0.4 is 4.74 Å². The Bertz CT molecular complexity index is 1530. The molecular formula is C46H72O10Si. The van der Waals surface area contributed by atoms with Gasteiger partial charge in [0, 0.05) is 38.0 Å². The standard InChI is InChI=1S/C46H72O10Si/c1-13-14-15-16-20-23-41(47)55-43-37(29-42(48)50-9)28-39(56-46(43,51-10)45(6,7)33-54-57(11,12)44(3,4)5)30-40(34(2)52-31-35-21-18-17-19-22-35)53-32-36-24-26-38(49-8)27-25-36/h17-19,21-22,24-27,29,34,39-40,43H,13-16,20,23,28,30-33H2,1-12H3/b37-29+/t34?,39-,40+,43-,46+/m0/s1. The molecule has 0 amide bonds. The highest BCUT2D eigenvalue weighted by Crippen LogP contribution is 2.49. The number of rotatable bonds is 23. The summed E-state index contributed by atoms with van der Waals surface area (Å²) in [6, 6.07) is 17.8. The van der Waals surface area contributed by atoms with E-state index in [0.717, 1.165) is 42.6 Å². The lowest BCUT2D eigenvalue weighted by Gasteiger charge is -2.54. The molecule has 320 valence electrons. The highest BCUT2D eigenvalue weighted by atomic mass is 28.4. The van der Waals surface area contributed by atoms with Crippen molar-refractivity contribution in [3.63, 3.8) is 0 Å². The highest BCUT2D eigenvalue weighted by molar-refractivity contribution is 6.74. The Balaban J connectivity index is 2.06. The zero-order valence-corrected chi connectivity index (χ0v) is 37.9. The SMILES string of the molecule is CCCCCCCC(=O)O[C@H]1/C(=C/C(=O)OC)C[C@@H](C[C@@H](OCc2ccc(OC)cc2)C(C)OCc2ccccc2)O[C@@]1(OC)C(C)(C)CO[Si](C)(C)C(C)(C)C. The molecule has 2 aromatic carbocycles. The molecule has 1 aliphatic rings. The lowest BCUT2D eigenvalue weighted by Crippen LogP contribution is -2.65. The van der Waals surface area contributed by atoms with Gasteiger partial charge in [0.25, 0.3) is 0 Å². The van der Waals surface area contributed by atoms with Crippen molar-refractivity contribution in [2.75, 3.05) is 27.9 Å². The van der Waals surface area contributed by atoms with Crippen LogP contribution in [0.25, 0.3) is 0 Å². The lowest BCUT2D eigenvalue weighted by atomic mass is 9.74. The Hall–Kier alpha value is -3.06. The van der Waals surface area contributed by atoms with Gasteiger partial charge in [0.05, 0.1) is 45.7 Å². The largest absolute Gasteiger partial charge is 0.497 e. The summed E-state index contributed by atoms with van der Waals surface area (Å²) >= 11 is 0. The van der Waals surface area contributed by atoms with E-state index < -0.39 is 43.8 Å². The van der Waals surface area contributed by atoms with Crippen molar-refractivity contribution in [2.24, 2.45) is 5.41 Å². The van der Waals surface area contributed by atoms with E-state index in [-0.39, 0.29) is 36.6 Å². The average Bonchev–Trinajstić information content (AvgIpc) is 3.18. The minimum Gasteiger partial charge on any atom is -0.497 e. The number of methoxy groups -OCH3 is 3. The highest BCUT2D eigenvalue weighted by Gasteiger charge is 2.60. The topological polar surface area (TPSA) is 108 Å². The molecule has 1 fully saturated rings. The first kappa shape index (κ1) is 48.3. The minimum atomic E-state index is -2.25. The predicted octanol–water partition coefficient (Wildman–Crippen LogP) is 10.1. The van der Waals surface area contributed by atoms with Gasteiger partial charge in [-0.3, -0.25) is 4.79 Å². The second-order valence-corrected chi connectivity index (χ2v) is 22.3. The molecule has 0 bridgehead atoms. The van der Waals surface area contributed by atoms with Gasteiger partial charge in [-0.25, -0.2) is 4.79 Å². The fourth-order valence-corrected chi connectivity index (χ4v) is 7.92. The fourth-order valence-electron chi connectivity index (χ4n) is 6.77. The van der Waals surface area contributed by atoms with Crippen LogP contribution in [0.1, 0.15) is 111 Å². The van der Waals surface area contributed by atoms with Gasteiger partial charge in [-0.2, -0.15) is 0 Å². The third-order valence-electron chi connectivity index (χ3n) is 11.6. The molecule has 0 spiro atoms. The van der Waals surface area contributed by atoms with Gasteiger partial charge >= 0.3 is 11.9 Å². The summed E-state index contributed by atoms with van der Waals surface area (Å²) < 4.78 is 50.5. The molecule has 0 aromatic heterocycles. The molecule has 11 heteroatoms. The second kappa shape index (κ2) is 22.3. The lowest BCUT2D eigenvalue weighted by molar-refractivity contribution is -0.351. The summed E-state index contributed by atoms with van der Waals surface area (Å²) in [4.78, 5) is 26.7. The van der Waals surface area contributed by atoms with Crippen LogP contribution in [0.5, 0.6) is 5.75 Å². The molecule has 0 radical (unpaired) electrons. The molecule has 1 saturated heterocycles. The van der Waals surface area contributed by atoms with Gasteiger partial charge in [0.2, 0.25) is 5.79 Å². The maximum absolute atomic E-state index is 13.7. The third-order valence-corrected chi connectivity index (χ3v) is 16.0. The third kappa shape index (κ3) is 14.0. The second-order valence-electron chi connectivity index (χ2n) is 17.5. The quantitative estimate of drug-likeness (QED) is 0.0466. The van der Waals surface area contributed by atoms with Gasteiger partial charge < -0.3 is 37.6 Å². The zero-order chi connectivity index (χ0) is 42.3. The maximum atomic E-state index is 13.7. The first-order valence-electron chi connectivity index (χ1n) is 20.7. The molecule has 10 nitrogen and oxygen atoms in total. The van der Waals surface area contributed by atoms with Crippen LogP contribution >= 0.6 is 0 Å². The number of carbonyl (C=O) groups excluding carboxylic acids is 2. The maximum Gasteiger partial charge on any atom is 0.330 e. The average molecular weight is 813 g/mol. The summed E-state index contributed by atoms with van der Waals surface area (Å²) in [5.74, 6) is -1.72. The molecule has 1 unspecified atom stereocenters. The first-order valence-corrected chi connectivity index (χ1v) is 23.6. The van der Waals surface area contributed by atoms with E-state index in [1.165, 1.54) is 13.2 Å². The number of hydrogen-bond donors (Lipinski definition) is 0. The molecular weight excluding hydrogens is 741 g/mol. The smallest absolute Gasteiger partial charge is 0.330 e. The van der Waals surface area contributed by atoms with Crippen molar-refractivity contribution in [1.29, 1.82) is 0 Å². The molecule has 0 N–H and O–H groups in total. The number of carbonyl (C=O) groups is 2. The minimum absolute atomic E-state index is 0.0524. The number of benzene rings is 2. The molecule has 57 heavy (non-hydrogen) atoms. The van der Waals surface area contributed by atoms with E-state index in [1.807, 2.05) is 75.4 Å². The summed E-state index contributed by atoms with van der Waals surface area (Å²) in [5, 5.41) is -0.0524. The Morgan fingerprint density at radius 3 is 2.12 bits per heavy atom. The van der Waals surface area contributed by atoms with E-state index in [0.29, 0.717) is 31.6 Å². The summed E-state index contributed by atoms with van der Waals surface area (Å²) in [7, 11) is 2.29. The van der Waals surface area contributed by atoms with Crippen molar-refractivity contribution < 1.29 is 47.2 Å². The molecule has 0 aliphatic carbocycles. The van der Waals surface area contributed by atoms with Gasteiger partial charge in [-0.05, 0) is 66.7 Å². The summed E-state index contributed by atoms with van der Waals surface area (Å²) in [6.07, 6.45) is 4.86. The van der Waals surface area contributed by atoms with Gasteiger partial charge in [0.1, 0.15) is 5.75 Å². The summed E-state index contributed by atoms with van der Waals surface area (Å²) in [5.41, 5.74) is 1.69. The van der Waals surface area contributed by atoms with Crippen molar-refractivity contribution in [1.82, 2.24) is 0 Å². The van der Waals surface area contributed by atoms with Crippen molar-refractivity contribution in [3.8, 4) is 5.75 Å². The van der Waals surface area contributed by atoms with Crippen LogP contribution in [0, 0.1) is 5.41 Å². The van der Waals surface area contributed by atoms with E-state index in [9.17, 15) is 9.59 Å². The zero-order valence-electron chi connectivity index (χ0n) is 36.9. The van der Waals surface area contributed by atoms with Gasteiger partial charge in [-0.15, -0.1) is 0 Å². The molecule has 2 aromatic rings. The Kier molecular flexibility index (Phi) is 18.9. The van der Waals surface area contributed by atoms with Crippen LogP contribution in [0.4, 0.5) is 0 Å². The molecule has 3 rings (SSSR count).